The van der Waals surface area contributed by atoms with Gasteiger partial charge in [0.1, 0.15) is 0 Å². The van der Waals surface area contributed by atoms with Gasteiger partial charge in [-0.1, -0.05) is 255 Å². The van der Waals surface area contributed by atoms with Crippen LogP contribution in [0.25, 0.3) is 90.8 Å². The lowest BCUT2D eigenvalue weighted by atomic mass is 9.67. The second-order valence-corrected chi connectivity index (χ2v) is 20.9. The molecule has 378 valence electrons. The Kier molecular flexibility index (Phi) is 12.4. The molecule has 2 heteroatoms. The van der Waals surface area contributed by atoms with Crippen LogP contribution in [0.5, 0.6) is 0 Å². The summed E-state index contributed by atoms with van der Waals surface area (Å²) in [4.78, 5) is 2.36. The normalized spacial score (nSPS) is 14.4. The Morgan fingerprint density at radius 1 is 0.362 bits per heavy atom. The van der Waals surface area contributed by atoms with Gasteiger partial charge in [-0.05, 0) is 150 Å². The third kappa shape index (κ3) is 8.65. The maximum Gasteiger partial charge on any atom is 0.0713 e. The largest absolute Gasteiger partial charge is 0.337 e. The van der Waals surface area contributed by atoms with Gasteiger partial charge >= 0.3 is 0 Å². The van der Waals surface area contributed by atoms with E-state index in [4.69, 9.17) is 0 Å². The molecule has 0 unspecified atom stereocenters. The molecule has 12 aromatic rings. The van der Waals surface area contributed by atoms with E-state index in [-0.39, 0.29) is 0 Å². The van der Waals surface area contributed by atoms with Crippen LogP contribution in [-0.4, -0.2) is 11.1 Å². The van der Waals surface area contributed by atoms with Gasteiger partial charge in [0.2, 0.25) is 0 Å². The summed E-state index contributed by atoms with van der Waals surface area (Å²) < 4.78 is 2.37. The Bertz CT molecular complexity index is 4370. The molecule has 1 aliphatic heterocycles. The molecule has 0 saturated carbocycles. The van der Waals surface area contributed by atoms with Crippen LogP contribution < -0.4 is 4.90 Å². The van der Waals surface area contributed by atoms with Crippen LogP contribution in [0.2, 0.25) is 0 Å². The molecule has 11 aromatic carbocycles. The third-order valence-electron chi connectivity index (χ3n) is 16.2. The van der Waals surface area contributed by atoms with E-state index in [1.54, 1.807) is 0 Å². The molecule has 0 bridgehead atoms. The third-order valence-corrected chi connectivity index (χ3v) is 16.2. The highest BCUT2D eigenvalue weighted by Crippen LogP contribution is 2.57. The van der Waals surface area contributed by atoms with E-state index in [0.29, 0.717) is 0 Å². The van der Waals surface area contributed by atoms with Crippen molar-refractivity contribution in [3.63, 3.8) is 0 Å². The molecule has 0 amide bonds. The Balaban J connectivity index is 0.762. The number of aromatic nitrogens is 1. The van der Waals surface area contributed by atoms with Crippen LogP contribution in [0.15, 0.2) is 298 Å². The van der Waals surface area contributed by atoms with Crippen molar-refractivity contribution in [3.05, 3.63) is 348 Å². The summed E-state index contributed by atoms with van der Waals surface area (Å²) in [5.41, 5.74) is 24.4. The molecule has 0 saturated heterocycles. The fourth-order valence-electron chi connectivity index (χ4n) is 12.4. The molecule has 0 spiro atoms. The van der Waals surface area contributed by atoms with Gasteiger partial charge in [0.15, 0.2) is 0 Å². The van der Waals surface area contributed by atoms with E-state index >= 15 is 0 Å². The van der Waals surface area contributed by atoms with Gasteiger partial charge in [-0.25, -0.2) is 0 Å². The lowest BCUT2D eigenvalue weighted by molar-refractivity contribution is 0.768. The second kappa shape index (κ2) is 20.6. The Labute approximate surface area is 468 Å². The van der Waals surface area contributed by atoms with Crippen molar-refractivity contribution in [1.82, 2.24) is 4.57 Å². The average molecular weight is 1020 g/mol. The van der Waals surface area contributed by atoms with E-state index in [1.165, 1.54) is 72.0 Å². The molecule has 2 nitrogen and oxygen atoms in total. The van der Waals surface area contributed by atoms with Crippen LogP contribution in [-0.2, 0) is 5.41 Å². The summed E-state index contributed by atoms with van der Waals surface area (Å²) >= 11 is 0. The first kappa shape index (κ1) is 48.1. The van der Waals surface area contributed by atoms with Gasteiger partial charge in [0, 0.05) is 39.9 Å². The number of nitrogens with zero attached hydrogens (tertiary/aromatic N) is 2. The number of benzene rings is 11. The highest BCUT2D eigenvalue weighted by atomic mass is 15.1. The second-order valence-electron chi connectivity index (χ2n) is 20.9. The van der Waals surface area contributed by atoms with Gasteiger partial charge in [0.25, 0.3) is 0 Å². The SMILES string of the molecule is C=C1/C=C\C=C/CN(c2ccccc2)c2ccc(-c3ccc(/C=C/c4ccc5c(c4)C(c4ccccc4)(c4ccccc4)c4cc(/C=C/c6ccc(-c7ccc8c(c7)c7ccccc7n8-c7ccccc7)cc6)ccc4-5)cc3)cc21. The number of hydrogen-bond acceptors (Lipinski definition) is 1. The minimum Gasteiger partial charge on any atom is -0.337 e. The Morgan fingerprint density at radius 2 is 0.838 bits per heavy atom. The zero-order valence-electron chi connectivity index (χ0n) is 44.3. The van der Waals surface area contributed by atoms with Gasteiger partial charge < -0.3 is 9.47 Å². The highest BCUT2D eigenvalue weighted by molar-refractivity contribution is 6.10. The lowest BCUT2D eigenvalue weighted by Gasteiger charge is -2.34. The van der Waals surface area contributed by atoms with Crippen LogP contribution in [0.1, 0.15) is 50.1 Å². The van der Waals surface area contributed by atoms with Gasteiger partial charge in [-0.3, -0.25) is 0 Å². The quantitative estimate of drug-likeness (QED) is 0.124. The number of rotatable bonds is 10. The molecule has 0 radical (unpaired) electrons. The number of fused-ring (bicyclic) bond motifs is 7. The first-order valence-corrected chi connectivity index (χ1v) is 27.6. The van der Waals surface area contributed by atoms with E-state index < -0.39 is 5.41 Å². The number of anilines is 2. The summed E-state index contributed by atoms with van der Waals surface area (Å²) in [5.74, 6) is 0. The molecule has 2 heterocycles. The fraction of sp³-hybridized carbons (Fsp3) is 0.0256. The van der Waals surface area contributed by atoms with E-state index in [1.807, 2.05) is 0 Å². The molecule has 1 aromatic heterocycles. The predicted octanol–water partition coefficient (Wildman–Crippen LogP) is 20.1. The summed E-state index contributed by atoms with van der Waals surface area (Å²) in [5, 5.41) is 2.51. The smallest absolute Gasteiger partial charge is 0.0713 e. The first-order valence-electron chi connectivity index (χ1n) is 27.6. The molecular weight excluding hydrogens is 965 g/mol. The maximum atomic E-state index is 4.49. The van der Waals surface area contributed by atoms with Crippen molar-refractivity contribution in [1.29, 1.82) is 0 Å². The molecule has 2 aliphatic rings. The maximum absolute atomic E-state index is 4.49. The summed E-state index contributed by atoms with van der Waals surface area (Å²) in [6.45, 7) is 5.26. The van der Waals surface area contributed by atoms with Crippen molar-refractivity contribution < 1.29 is 0 Å². The van der Waals surface area contributed by atoms with Crippen molar-refractivity contribution in [2.24, 2.45) is 0 Å². The first-order chi connectivity index (χ1) is 39.6. The molecular formula is C78H56N2. The minimum absolute atomic E-state index is 0.541. The molecule has 0 N–H and O–H groups in total. The zero-order valence-corrected chi connectivity index (χ0v) is 44.3. The van der Waals surface area contributed by atoms with E-state index in [2.05, 4.69) is 332 Å². The van der Waals surface area contributed by atoms with Gasteiger partial charge in [-0.2, -0.15) is 0 Å². The minimum atomic E-state index is -0.541. The van der Waals surface area contributed by atoms with Crippen LogP contribution in [0, 0.1) is 0 Å². The highest BCUT2D eigenvalue weighted by Gasteiger charge is 2.46. The number of para-hydroxylation sites is 3. The molecule has 80 heavy (non-hydrogen) atoms. The van der Waals surface area contributed by atoms with Crippen LogP contribution in [0.3, 0.4) is 0 Å². The monoisotopic (exact) mass is 1020 g/mol. The Hall–Kier alpha value is -10.3. The van der Waals surface area contributed by atoms with Crippen LogP contribution >= 0.6 is 0 Å². The predicted molar refractivity (Wildman–Crippen MR) is 340 cm³/mol. The Morgan fingerprint density at radius 3 is 1.44 bits per heavy atom. The zero-order chi connectivity index (χ0) is 53.4. The topological polar surface area (TPSA) is 8.17 Å². The lowest BCUT2D eigenvalue weighted by Crippen LogP contribution is -2.28. The van der Waals surface area contributed by atoms with Crippen molar-refractivity contribution in [2.45, 2.75) is 5.41 Å². The summed E-state index contributed by atoms with van der Waals surface area (Å²) in [6.07, 6.45) is 17.5. The molecule has 0 fully saturated rings. The summed E-state index contributed by atoms with van der Waals surface area (Å²) in [6, 6.07) is 97.7. The fourth-order valence-corrected chi connectivity index (χ4v) is 12.4. The van der Waals surface area contributed by atoms with E-state index in [0.717, 1.165) is 62.4 Å². The number of allylic oxidation sites excluding steroid dienone is 4. The van der Waals surface area contributed by atoms with Crippen LogP contribution in [0.4, 0.5) is 11.4 Å². The molecule has 14 rings (SSSR count). The number of hydrogen-bond donors (Lipinski definition) is 0. The molecule has 1 aliphatic carbocycles. The van der Waals surface area contributed by atoms with Crippen molar-refractivity contribution >= 4 is 63.1 Å². The van der Waals surface area contributed by atoms with Gasteiger partial charge in [-0.15, -0.1) is 0 Å². The van der Waals surface area contributed by atoms with Crippen molar-refractivity contribution in [2.75, 3.05) is 11.4 Å². The van der Waals surface area contributed by atoms with Gasteiger partial charge in [0.05, 0.1) is 16.4 Å². The summed E-state index contributed by atoms with van der Waals surface area (Å²) in [7, 11) is 0. The average Bonchev–Trinajstić information content (AvgIpc) is 4.24. The molecule has 0 atom stereocenters. The van der Waals surface area contributed by atoms with E-state index in [9.17, 15) is 0 Å². The van der Waals surface area contributed by atoms with Crippen molar-refractivity contribution in [3.8, 4) is 39.1 Å². The standard InChI is InChI=1S/C78H56N2/c1-55-19-7-6-18-50-79(66-24-12-4-13-25-66)75-48-44-62(53-71(55)75)60-40-34-56(35-41-60)30-32-58-38-46-68-69-47-39-59(52-74(69)78(73(68)51-58,64-20-8-2-9-21-64)65-22-10-3-11-23-65)33-31-57-36-42-61(43-37-57)63-45-49-77-72(54-63)70-28-16-17-29-76(70)80(77)67-26-14-5-15-27-67/h2-49,51-54H,1,50H2/b18-6-,19-7-,32-30+,33-31+.